The monoisotopic (exact) mass is 382 g/mol. The molecule has 6 nitrogen and oxygen atoms in total. The van der Waals surface area contributed by atoms with Crippen molar-refractivity contribution in [3.8, 4) is 0 Å². The Morgan fingerprint density at radius 3 is 2.18 bits per heavy atom. The quantitative estimate of drug-likeness (QED) is 0.819. The normalized spacial score (nSPS) is 18.5. The number of benzene rings is 1. The fraction of sp³-hybridized carbons (Fsp3) is 0.591. The number of piperidine rings is 1. The van der Waals surface area contributed by atoms with Crippen LogP contribution < -0.4 is 5.69 Å². The first-order chi connectivity index (χ1) is 13.3. The van der Waals surface area contributed by atoms with E-state index >= 15 is 0 Å². The van der Waals surface area contributed by atoms with Crippen molar-refractivity contribution in [2.24, 2.45) is 7.05 Å². The van der Waals surface area contributed by atoms with Crippen LogP contribution in [-0.4, -0.2) is 38.2 Å². The maximum atomic E-state index is 12.9. The summed E-state index contributed by atoms with van der Waals surface area (Å²) >= 11 is 0. The van der Waals surface area contributed by atoms with E-state index in [1.54, 1.807) is 7.05 Å². The van der Waals surface area contributed by atoms with Gasteiger partial charge in [-0.05, 0) is 48.8 Å². The molecule has 0 radical (unpaired) electrons. The number of amides is 1. The first-order valence-electron chi connectivity index (χ1n) is 10.3. The predicted octanol–water partition coefficient (Wildman–Crippen LogP) is 3.23. The Kier molecular flexibility index (Phi) is 4.68. The number of nitrogens with zero attached hydrogens (tertiary/aromatic N) is 4. The van der Waals surface area contributed by atoms with Gasteiger partial charge in [0.05, 0.1) is 0 Å². The smallest absolute Gasteiger partial charge is 0.339 e. The van der Waals surface area contributed by atoms with Gasteiger partial charge in [0.25, 0.3) is 5.91 Å². The average molecular weight is 383 g/mol. The van der Waals surface area contributed by atoms with Crippen molar-refractivity contribution in [1.29, 1.82) is 0 Å². The van der Waals surface area contributed by atoms with Crippen LogP contribution in [0.3, 0.4) is 0 Å². The van der Waals surface area contributed by atoms with E-state index in [0.717, 1.165) is 37.1 Å². The molecule has 2 fully saturated rings. The minimum absolute atomic E-state index is 0.00468. The highest BCUT2D eigenvalue weighted by molar-refractivity contribution is 5.94. The highest BCUT2D eigenvalue weighted by Crippen LogP contribution is 2.37. The van der Waals surface area contributed by atoms with Crippen LogP contribution in [0.1, 0.15) is 80.2 Å². The van der Waals surface area contributed by atoms with Gasteiger partial charge in [0, 0.05) is 37.7 Å². The van der Waals surface area contributed by atoms with E-state index in [4.69, 9.17) is 0 Å². The zero-order valence-corrected chi connectivity index (χ0v) is 17.3. The van der Waals surface area contributed by atoms with E-state index in [-0.39, 0.29) is 22.9 Å². The SMILES string of the molecule is Cn1nc(C2CCN(C(=O)c3ccc(C(C)(C)C)cc3)CC2)n(C2CC2)c1=O. The second-order valence-electron chi connectivity index (χ2n) is 9.26. The lowest BCUT2D eigenvalue weighted by atomic mass is 9.86. The van der Waals surface area contributed by atoms with Gasteiger partial charge >= 0.3 is 5.69 Å². The van der Waals surface area contributed by atoms with Crippen molar-refractivity contribution in [3.05, 3.63) is 51.7 Å². The lowest BCUT2D eigenvalue weighted by molar-refractivity contribution is 0.0710. The summed E-state index contributed by atoms with van der Waals surface area (Å²) in [6.07, 6.45) is 3.85. The molecule has 28 heavy (non-hydrogen) atoms. The van der Waals surface area contributed by atoms with Gasteiger partial charge in [0.15, 0.2) is 0 Å². The maximum Gasteiger partial charge on any atom is 0.345 e. The van der Waals surface area contributed by atoms with Crippen LogP contribution in [0.5, 0.6) is 0 Å². The molecule has 150 valence electrons. The molecule has 1 aliphatic heterocycles. The molecule has 1 saturated carbocycles. The van der Waals surface area contributed by atoms with E-state index in [1.807, 2.05) is 21.6 Å². The fourth-order valence-corrected chi connectivity index (χ4v) is 4.09. The maximum absolute atomic E-state index is 12.9. The Balaban J connectivity index is 1.44. The first kappa shape index (κ1) is 19.0. The predicted molar refractivity (Wildman–Crippen MR) is 109 cm³/mol. The third-order valence-electron chi connectivity index (χ3n) is 6.04. The van der Waals surface area contributed by atoms with Gasteiger partial charge in [0.1, 0.15) is 5.82 Å². The Labute approximate surface area is 166 Å². The highest BCUT2D eigenvalue weighted by atomic mass is 16.2. The van der Waals surface area contributed by atoms with E-state index in [1.165, 1.54) is 10.2 Å². The second kappa shape index (κ2) is 6.90. The molecule has 0 atom stereocenters. The molecule has 2 aliphatic rings. The Morgan fingerprint density at radius 2 is 1.64 bits per heavy atom. The Bertz CT molecular complexity index is 921. The second-order valence-corrected chi connectivity index (χ2v) is 9.26. The fourth-order valence-electron chi connectivity index (χ4n) is 4.09. The van der Waals surface area contributed by atoms with Gasteiger partial charge in [-0.25, -0.2) is 9.48 Å². The van der Waals surface area contributed by atoms with Crippen LogP contribution >= 0.6 is 0 Å². The third-order valence-corrected chi connectivity index (χ3v) is 6.04. The molecule has 1 saturated heterocycles. The van der Waals surface area contributed by atoms with E-state index in [0.29, 0.717) is 19.1 Å². The molecular weight excluding hydrogens is 352 g/mol. The summed E-state index contributed by atoms with van der Waals surface area (Å²) in [7, 11) is 1.73. The van der Waals surface area contributed by atoms with Crippen LogP contribution in [0, 0.1) is 0 Å². The van der Waals surface area contributed by atoms with Crippen molar-refractivity contribution in [3.63, 3.8) is 0 Å². The van der Waals surface area contributed by atoms with Crippen molar-refractivity contribution < 1.29 is 4.79 Å². The number of aromatic nitrogens is 3. The van der Waals surface area contributed by atoms with Gasteiger partial charge in [0.2, 0.25) is 0 Å². The van der Waals surface area contributed by atoms with Crippen LogP contribution in [0.4, 0.5) is 0 Å². The number of likely N-dealkylation sites (tertiary alicyclic amines) is 1. The lowest BCUT2D eigenvalue weighted by Crippen LogP contribution is -2.38. The molecule has 1 aromatic carbocycles. The minimum Gasteiger partial charge on any atom is -0.339 e. The van der Waals surface area contributed by atoms with Crippen LogP contribution in [-0.2, 0) is 12.5 Å². The van der Waals surface area contributed by atoms with Crippen molar-refractivity contribution in [2.45, 2.75) is 63.8 Å². The molecular formula is C22H30N4O2. The average Bonchev–Trinajstić information content (AvgIpc) is 3.47. The zero-order chi connectivity index (χ0) is 20.1. The molecule has 0 N–H and O–H groups in total. The molecule has 1 aliphatic carbocycles. The molecule has 0 bridgehead atoms. The summed E-state index contributed by atoms with van der Waals surface area (Å²) in [5, 5.41) is 4.52. The minimum atomic E-state index is -0.00468. The first-order valence-corrected chi connectivity index (χ1v) is 10.3. The molecule has 0 spiro atoms. The van der Waals surface area contributed by atoms with E-state index in [9.17, 15) is 9.59 Å². The van der Waals surface area contributed by atoms with Crippen molar-refractivity contribution in [1.82, 2.24) is 19.2 Å². The number of carbonyl (C=O) groups is 1. The molecule has 2 aromatic rings. The number of aryl methyl sites for hydroxylation is 1. The number of rotatable bonds is 3. The topological polar surface area (TPSA) is 60.1 Å². The van der Waals surface area contributed by atoms with Gasteiger partial charge in [-0.1, -0.05) is 32.9 Å². The van der Waals surface area contributed by atoms with Gasteiger partial charge in [-0.2, -0.15) is 5.10 Å². The summed E-state index contributed by atoms with van der Waals surface area (Å²) in [5.41, 5.74) is 2.06. The largest absolute Gasteiger partial charge is 0.345 e. The molecule has 4 rings (SSSR count). The lowest BCUT2D eigenvalue weighted by Gasteiger charge is -2.32. The number of hydrogen-bond donors (Lipinski definition) is 0. The van der Waals surface area contributed by atoms with Crippen molar-refractivity contribution in [2.75, 3.05) is 13.1 Å². The van der Waals surface area contributed by atoms with Gasteiger partial charge < -0.3 is 4.90 Å². The highest BCUT2D eigenvalue weighted by Gasteiger charge is 2.34. The van der Waals surface area contributed by atoms with Gasteiger partial charge in [-0.3, -0.25) is 9.36 Å². The third kappa shape index (κ3) is 3.52. The van der Waals surface area contributed by atoms with Crippen molar-refractivity contribution >= 4 is 5.91 Å². The van der Waals surface area contributed by atoms with E-state index < -0.39 is 0 Å². The van der Waals surface area contributed by atoms with Crippen LogP contribution in [0.25, 0.3) is 0 Å². The number of carbonyl (C=O) groups excluding carboxylic acids is 1. The summed E-state index contributed by atoms with van der Waals surface area (Å²) in [4.78, 5) is 27.2. The van der Waals surface area contributed by atoms with E-state index in [2.05, 4.69) is 38.0 Å². The van der Waals surface area contributed by atoms with Crippen LogP contribution in [0.15, 0.2) is 29.1 Å². The summed E-state index contributed by atoms with van der Waals surface area (Å²) in [5.74, 6) is 1.26. The van der Waals surface area contributed by atoms with Gasteiger partial charge in [-0.15, -0.1) is 0 Å². The Hall–Kier alpha value is -2.37. The summed E-state index contributed by atoms with van der Waals surface area (Å²) in [6, 6.07) is 8.33. The standard InChI is InChI=1S/C22H30N4O2/c1-22(2,3)17-7-5-16(6-8-17)20(27)25-13-11-15(12-14-25)19-23-24(4)21(28)26(19)18-9-10-18/h5-8,15,18H,9-14H2,1-4H3. The Morgan fingerprint density at radius 1 is 1.04 bits per heavy atom. The summed E-state index contributed by atoms with van der Waals surface area (Å²) in [6.45, 7) is 7.94. The number of hydrogen-bond acceptors (Lipinski definition) is 3. The molecule has 1 amide bonds. The summed E-state index contributed by atoms with van der Waals surface area (Å²) < 4.78 is 3.36. The molecule has 0 unspecified atom stereocenters. The molecule has 1 aromatic heterocycles. The zero-order valence-electron chi connectivity index (χ0n) is 17.3. The van der Waals surface area contributed by atoms with Crippen LogP contribution in [0.2, 0.25) is 0 Å². The molecule has 2 heterocycles. The molecule has 6 heteroatoms.